The van der Waals surface area contributed by atoms with E-state index in [4.69, 9.17) is 27.6 Å². The van der Waals surface area contributed by atoms with Crippen LogP contribution in [0.4, 0.5) is 4.39 Å². The van der Waals surface area contributed by atoms with Crippen molar-refractivity contribution in [2.24, 2.45) is 0 Å². The summed E-state index contributed by atoms with van der Waals surface area (Å²) in [4.78, 5) is 0. The van der Waals surface area contributed by atoms with E-state index in [1.54, 1.807) is 24.3 Å². The molecule has 0 spiro atoms. The molecule has 3 aromatic rings. The number of hydrogen-bond acceptors (Lipinski definition) is 2. The fourth-order valence-corrected chi connectivity index (χ4v) is 2.50. The number of aliphatic hydroxyl groups is 1. The Morgan fingerprint density at radius 3 is 2.60 bits per heavy atom. The number of rotatable bonds is 2. The maximum absolute atomic E-state index is 13.0. The van der Waals surface area contributed by atoms with Gasteiger partial charge in [0.15, 0.2) is 0 Å². The lowest BCUT2D eigenvalue weighted by atomic mass is 10.1. The topological polar surface area (TPSA) is 33.4 Å². The molecule has 1 heterocycles. The number of furan rings is 1. The van der Waals surface area contributed by atoms with Crippen molar-refractivity contribution in [2.45, 2.75) is 6.10 Å². The van der Waals surface area contributed by atoms with Crippen LogP contribution in [0.3, 0.4) is 0 Å². The molecular weight excluding hydrogens is 302 g/mol. The lowest BCUT2D eigenvalue weighted by molar-refractivity contribution is 0.192. The summed E-state index contributed by atoms with van der Waals surface area (Å²) in [5.41, 5.74) is 1.000. The summed E-state index contributed by atoms with van der Waals surface area (Å²) >= 11 is 11.8. The van der Waals surface area contributed by atoms with E-state index in [0.717, 1.165) is 11.5 Å². The second-order valence-corrected chi connectivity index (χ2v) is 5.24. The van der Waals surface area contributed by atoms with Crippen molar-refractivity contribution >= 4 is 34.2 Å². The van der Waals surface area contributed by atoms with Gasteiger partial charge in [0, 0.05) is 21.0 Å². The van der Waals surface area contributed by atoms with Crippen LogP contribution in [-0.4, -0.2) is 5.11 Å². The Morgan fingerprint density at radius 2 is 1.85 bits per heavy atom. The number of aliphatic hydroxyl groups excluding tert-OH is 1. The number of halogens is 3. The second kappa shape index (κ2) is 5.09. The molecule has 1 N–H and O–H groups in total. The minimum atomic E-state index is -1.06. The Morgan fingerprint density at radius 1 is 1.05 bits per heavy atom. The van der Waals surface area contributed by atoms with Crippen LogP contribution in [0.5, 0.6) is 0 Å². The van der Waals surface area contributed by atoms with Crippen molar-refractivity contribution < 1.29 is 13.9 Å². The summed E-state index contributed by atoms with van der Waals surface area (Å²) in [6.07, 6.45) is -1.06. The minimum absolute atomic E-state index is 0.149. The van der Waals surface area contributed by atoms with Crippen molar-refractivity contribution in [3.8, 4) is 0 Å². The van der Waals surface area contributed by atoms with Crippen LogP contribution in [0.15, 0.2) is 46.9 Å². The molecule has 0 aliphatic rings. The quantitative estimate of drug-likeness (QED) is 0.725. The molecule has 2 aromatic carbocycles. The lowest BCUT2D eigenvalue weighted by Crippen LogP contribution is -1.99. The van der Waals surface area contributed by atoms with Gasteiger partial charge in [-0.15, -0.1) is 0 Å². The van der Waals surface area contributed by atoms with E-state index in [-0.39, 0.29) is 5.02 Å². The van der Waals surface area contributed by atoms with Gasteiger partial charge in [0.05, 0.1) is 0 Å². The molecule has 20 heavy (non-hydrogen) atoms. The van der Waals surface area contributed by atoms with Crippen LogP contribution in [0.2, 0.25) is 10.0 Å². The van der Waals surface area contributed by atoms with Crippen molar-refractivity contribution in [2.75, 3.05) is 0 Å². The van der Waals surface area contributed by atoms with E-state index in [2.05, 4.69) is 0 Å². The average molecular weight is 311 g/mol. The maximum atomic E-state index is 13.0. The fraction of sp³-hybridized carbons (Fsp3) is 0.0667. The Kier molecular flexibility index (Phi) is 3.42. The molecule has 0 bridgehead atoms. The third-order valence-corrected chi connectivity index (χ3v) is 3.59. The molecule has 0 saturated heterocycles. The molecule has 3 rings (SSSR count). The largest absolute Gasteiger partial charge is 0.458 e. The zero-order valence-corrected chi connectivity index (χ0v) is 11.6. The predicted octanol–water partition coefficient (Wildman–Crippen LogP) is 4.96. The van der Waals surface area contributed by atoms with Crippen LogP contribution < -0.4 is 0 Å². The molecule has 0 aliphatic carbocycles. The second-order valence-electron chi connectivity index (χ2n) is 4.40. The van der Waals surface area contributed by atoms with E-state index in [1.165, 1.54) is 12.1 Å². The SMILES string of the molecule is OC(c1cc2cc(Cl)ccc2o1)c1ccc(F)cc1Cl. The Balaban J connectivity index is 2.05. The molecule has 2 nitrogen and oxygen atoms in total. The summed E-state index contributed by atoms with van der Waals surface area (Å²) in [5.74, 6) is -0.127. The van der Waals surface area contributed by atoms with Gasteiger partial charge in [0.1, 0.15) is 23.3 Å². The summed E-state index contributed by atoms with van der Waals surface area (Å²) in [7, 11) is 0. The minimum Gasteiger partial charge on any atom is -0.458 e. The first-order valence-corrected chi connectivity index (χ1v) is 6.62. The van der Waals surface area contributed by atoms with Gasteiger partial charge < -0.3 is 9.52 Å². The van der Waals surface area contributed by atoms with Crippen LogP contribution in [0, 0.1) is 5.82 Å². The van der Waals surface area contributed by atoms with E-state index in [0.29, 0.717) is 21.9 Å². The van der Waals surface area contributed by atoms with Gasteiger partial charge in [-0.1, -0.05) is 29.3 Å². The van der Waals surface area contributed by atoms with Gasteiger partial charge in [0.25, 0.3) is 0 Å². The van der Waals surface area contributed by atoms with Gasteiger partial charge in [-0.25, -0.2) is 4.39 Å². The molecule has 1 atom stereocenters. The monoisotopic (exact) mass is 310 g/mol. The summed E-state index contributed by atoms with van der Waals surface area (Å²) in [5, 5.41) is 11.8. The Labute approximate surface area is 124 Å². The van der Waals surface area contributed by atoms with Crippen molar-refractivity contribution in [1.82, 2.24) is 0 Å². The van der Waals surface area contributed by atoms with Crippen LogP contribution in [-0.2, 0) is 0 Å². The molecule has 0 aliphatic heterocycles. The van der Waals surface area contributed by atoms with Crippen LogP contribution in [0.1, 0.15) is 17.4 Å². The van der Waals surface area contributed by atoms with Gasteiger partial charge in [-0.3, -0.25) is 0 Å². The zero-order chi connectivity index (χ0) is 14.3. The third-order valence-electron chi connectivity index (χ3n) is 3.02. The molecule has 0 amide bonds. The average Bonchev–Trinajstić information content (AvgIpc) is 2.81. The first-order chi connectivity index (χ1) is 9.54. The molecule has 0 saturated carbocycles. The fourth-order valence-electron chi connectivity index (χ4n) is 2.05. The number of fused-ring (bicyclic) bond motifs is 1. The number of benzene rings is 2. The summed E-state index contributed by atoms with van der Waals surface area (Å²) in [6, 6.07) is 10.7. The molecule has 5 heteroatoms. The Hall–Kier alpha value is -1.55. The Bertz CT molecular complexity index is 783. The first kappa shape index (κ1) is 13.4. The van der Waals surface area contributed by atoms with Crippen LogP contribution in [0.25, 0.3) is 11.0 Å². The smallest absolute Gasteiger partial charge is 0.138 e. The first-order valence-electron chi connectivity index (χ1n) is 5.86. The predicted molar refractivity (Wildman–Crippen MR) is 76.7 cm³/mol. The van der Waals surface area contributed by atoms with Crippen molar-refractivity contribution in [3.63, 3.8) is 0 Å². The van der Waals surface area contributed by atoms with E-state index < -0.39 is 11.9 Å². The van der Waals surface area contributed by atoms with Crippen LogP contribution >= 0.6 is 23.2 Å². The van der Waals surface area contributed by atoms with E-state index in [1.807, 2.05) is 0 Å². The van der Waals surface area contributed by atoms with E-state index >= 15 is 0 Å². The van der Waals surface area contributed by atoms with Gasteiger partial charge in [-0.2, -0.15) is 0 Å². The normalized spacial score (nSPS) is 12.8. The summed E-state index contributed by atoms with van der Waals surface area (Å²) < 4.78 is 18.6. The van der Waals surface area contributed by atoms with Gasteiger partial charge in [0.2, 0.25) is 0 Å². The van der Waals surface area contributed by atoms with Crippen molar-refractivity contribution in [3.05, 3.63) is 69.7 Å². The standard InChI is InChI=1S/C15H9Cl2FO2/c16-9-1-4-13-8(5-9)6-14(20-13)15(19)11-3-2-10(18)7-12(11)17/h1-7,15,19H. The number of hydrogen-bond donors (Lipinski definition) is 1. The molecule has 1 unspecified atom stereocenters. The maximum Gasteiger partial charge on any atom is 0.138 e. The van der Waals surface area contributed by atoms with Gasteiger partial charge in [-0.05, 0) is 36.4 Å². The highest BCUT2D eigenvalue weighted by Gasteiger charge is 2.18. The molecule has 0 radical (unpaired) electrons. The van der Waals surface area contributed by atoms with E-state index in [9.17, 15) is 9.50 Å². The van der Waals surface area contributed by atoms with Crippen molar-refractivity contribution in [1.29, 1.82) is 0 Å². The molecule has 0 fully saturated rings. The highest BCUT2D eigenvalue weighted by Crippen LogP contribution is 2.32. The van der Waals surface area contributed by atoms with Gasteiger partial charge >= 0.3 is 0 Å². The molecule has 102 valence electrons. The highest BCUT2D eigenvalue weighted by atomic mass is 35.5. The third kappa shape index (κ3) is 2.40. The molecular formula is C15H9Cl2FO2. The zero-order valence-electron chi connectivity index (χ0n) is 10.1. The molecule has 1 aromatic heterocycles. The highest BCUT2D eigenvalue weighted by molar-refractivity contribution is 6.31. The summed E-state index contributed by atoms with van der Waals surface area (Å²) in [6.45, 7) is 0. The lowest BCUT2D eigenvalue weighted by Gasteiger charge is -2.09.